The highest BCUT2D eigenvalue weighted by Gasteiger charge is 2.42. The largest absolute Gasteiger partial charge is 0.396 e. The first-order valence-corrected chi connectivity index (χ1v) is 5.47. The van der Waals surface area contributed by atoms with Crippen molar-refractivity contribution >= 4 is 5.91 Å². The van der Waals surface area contributed by atoms with Crippen LogP contribution in [0.4, 0.5) is 0 Å². The third kappa shape index (κ3) is 2.39. The van der Waals surface area contributed by atoms with E-state index in [4.69, 9.17) is 5.11 Å². The average Bonchev–Trinajstić information content (AvgIpc) is 3.07. The smallest absolute Gasteiger partial charge is 0.251 e. The highest BCUT2D eigenvalue weighted by Crippen LogP contribution is 2.44. The SMILES string of the molecule is Cc1cc(C(=O)NCC2(CO)CC2)ccn1. The maximum atomic E-state index is 11.8. The normalized spacial score (nSPS) is 16.9. The van der Waals surface area contributed by atoms with Crippen molar-refractivity contribution in [2.45, 2.75) is 19.8 Å². The van der Waals surface area contributed by atoms with E-state index < -0.39 is 0 Å². The lowest BCUT2D eigenvalue weighted by atomic mass is 10.1. The van der Waals surface area contributed by atoms with Crippen molar-refractivity contribution in [1.82, 2.24) is 10.3 Å². The fourth-order valence-electron chi connectivity index (χ4n) is 1.62. The quantitative estimate of drug-likeness (QED) is 0.792. The van der Waals surface area contributed by atoms with Gasteiger partial charge in [0.05, 0.1) is 6.61 Å². The molecule has 0 atom stereocenters. The summed E-state index contributed by atoms with van der Waals surface area (Å²) < 4.78 is 0. The van der Waals surface area contributed by atoms with Gasteiger partial charge in [-0.05, 0) is 31.9 Å². The fourth-order valence-corrected chi connectivity index (χ4v) is 1.62. The third-order valence-electron chi connectivity index (χ3n) is 3.08. The van der Waals surface area contributed by atoms with Crippen molar-refractivity contribution in [2.75, 3.05) is 13.2 Å². The van der Waals surface area contributed by atoms with Gasteiger partial charge in [-0.15, -0.1) is 0 Å². The van der Waals surface area contributed by atoms with Crippen LogP contribution in [0.1, 0.15) is 28.9 Å². The molecular weight excluding hydrogens is 204 g/mol. The molecule has 1 aromatic heterocycles. The first kappa shape index (κ1) is 11.1. The van der Waals surface area contributed by atoms with Gasteiger partial charge < -0.3 is 10.4 Å². The summed E-state index contributed by atoms with van der Waals surface area (Å²) in [6.07, 6.45) is 3.63. The van der Waals surface area contributed by atoms with Gasteiger partial charge in [-0.2, -0.15) is 0 Å². The highest BCUT2D eigenvalue weighted by molar-refractivity contribution is 5.94. The summed E-state index contributed by atoms with van der Waals surface area (Å²) in [7, 11) is 0. The molecule has 1 fully saturated rings. The second kappa shape index (κ2) is 4.22. The Morgan fingerprint density at radius 2 is 2.38 bits per heavy atom. The number of carbonyl (C=O) groups excluding carboxylic acids is 1. The molecule has 2 N–H and O–H groups in total. The second-order valence-corrected chi connectivity index (χ2v) is 4.53. The van der Waals surface area contributed by atoms with Crippen LogP contribution in [0.2, 0.25) is 0 Å². The third-order valence-corrected chi connectivity index (χ3v) is 3.08. The van der Waals surface area contributed by atoms with Crippen LogP contribution in [0.15, 0.2) is 18.3 Å². The molecule has 2 rings (SSSR count). The van der Waals surface area contributed by atoms with E-state index in [0.717, 1.165) is 18.5 Å². The highest BCUT2D eigenvalue weighted by atomic mass is 16.3. The molecule has 0 unspecified atom stereocenters. The van der Waals surface area contributed by atoms with Crippen LogP contribution in [0, 0.1) is 12.3 Å². The Balaban J connectivity index is 1.93. The Bertz CT molecular complexity index is 400. The van der Waals surface area contributed by atoms with Crippen LogP contribution in [0.25, 0.3) is 0 Å². The summed E-state index contributed by atoms with van der Waals surface area (Å²) in [6.45, 7) is 2.57. The van der Waals surface area contributed by atoms with Crippen LogP contribution < -0.4 is 5.32 Å². The van der Waals surface area contributed by atoms with Crippen LogP contribution in [0.5, 0.6) is 0 Å². The maximum absolute atomic E-state index is 11.8. The van der Waals surface area contributed by atoms with Gasteiger partial charge in [-0.1, -0.05) is 0 Å². The number of hydrogen-bond acceptors (Lipinski definition) is 3. The number of carbonyl (C=O) groups is 1. The van der Waals surface area contributed by atoms with Crippen molar-refractivity contribution in [3.05, 3.63) is 29.6 Å². The van der Waals surface area contributed by atoms with E-state index >= 15 is 0 Å². The molecule has 1 aliphatic carbocycles. The first-order chi connectivity index (χ1) is 7.65. The monoisotopic (exact) mass is 220 g/mol. The van der Waals surface area contributed by atoms with E-state index in [2.05, 4.69) is 10.3 Å². The molecule has 0 saturated heterocycles. The molecule has 0 spiro atoms. The average molecular weight is 220 g/mol. The number of rotatable bonds is 4. The van der Waals surface area contributed by atoms with E-state index in [0.29, 0.717) is 12.1 Å². The second-order valence-electron chi connectivity index (χ2n) is 4.53. The first-order valence-electron chi connectivity index (χ1n) is 5.47. The van der Waals surface area contributed by atoms with E-state index in [1.165, 1.54) is 0 Å². The molecule has 86 valence electrons. The number of pyridine rings is 1. The molecule has 1 amide bonds. The van der Waals surface area contributed by atoms with Crippen molar-refractivity contribution in [2.24, 2.45) is 5.41 Å². The van der Waals surface area contributed by atoms with E-state index in [-0.39, 0.29) is 17.9 Å². The van der Waals surface area contributed by atoms with E-state index in [1.54, 1.807) is 18.3 Å². The molecule has 4 nitrogen and oxygen atoms in total. The zero-order chi connectivity index (χ0) is 11.6. The van der Waals surface area contributed by atoms with Gasteiger partial charge >= 0.3 is 0 Å². The van der Waals surface area contributed by atoms with Crippen LogP contribution in [-0.2, 0) is 0 Å². The predicted octanol–water partition coefficient (Wildman–Crippen LogP) is 0.892. The van der Waals surface area contributed by atoms with Crippen LogP contribution in [-0.4, -0.2) is 29.1 Å². The van der Waals surface area contributed by atoms with Crippen molar-refractivity contribution in [3.63, 3.8) is 0 Å². The predicted molar refractivity (Wildman–Crippen MR) is 60.1 cm³/mol. The fraction of sp³-hybridized carbons (Fsp3) is 0.500. The summed E-state index contributed by atoms with van der Waals surface area (Å²) in [4.78, 5) is 15.8. The molecule has 1 aromatic rings. The number of amides is 1. The van der Waals surface area contributed by atoms with Gasteiger partial charge in [0.1, 0.15) is 0 Å². The van der Waals surface area contributed by atoms with Gasteiger partial charge in [0.15, 0.2) is 0 Å². The molecule has 1 aliphatic rings. The number of aliphatic hydroxyl groups is 1. The maximum Gasteiger partial charge on any atom is 0.251 e. The molecule has 1 heterocycles. The molecule has 1 saturated carbocycles. The Morgan fingerprint density at radius 3 is 2.94 bits per heavy atom. The Morgan fingerprint density at radius 1 is 1.62 bits per heavy atom. The molecule has 4 heteroatoms. The number of aliphatic hydroxyl groups excluding tert-OH is 1. The Hall–Kier alpha value is -1.42. The van der Waals surface area contributed by atoms with Crippen molar-refractivity contribution in [3.8, 4) is 0 Å². The van der Waals surface area contributed by atoms with E-state index in [9.17, 15) is 4.79 Å². The van der Waals surface area contributed by atoms with Crippen molar-refractivity contribution < 1.29 is 9.90 Å². The summed E-state index contributed by atoms with van der Waals surface area (Å²) in [5.41, 5.74) is 1.41. The minimum absolute atomic E-state index is 0.0439. The van der Waals surface area contributed by atoms with Gasteiger partial charge in [0.2, 0.25) is 0 Å². The zero-order valence-electron chi connectivity index (χ0n) is 9.36. The summed E-state index contributed by atoms with van der Waals surface area (Å²) in [5.74, 6) is -0.0924. The lowest BCUT2D eigenvalue weighted by Gasteiger charge is -2.12. The molecule has 0 bridgehead atoms. The number of nitrogens with zero attached hydrogens (tertiary/aromatic N) is 1. The molecule has 0 aliphatic heterocycles. The lowest BCUT2D eigenvalue weighted by molar-refractivity contribution is 0.0935. The summed E-state index contributed by atoms with van der Waals surface area (Å²) in [6, 6.07) is 3.45. The van der Waals surface area contributed by atoms with Gasteiger partial charge in [-0.25, -0.2) is 0 Å². The molecule has 0 aromatic carbocycles. The number of aromatic nitrogens is 1. The summed E-state index contributed by atoms with van der Waals surface area (Å²) >= 11 is 0. The van der Waals surface area contributed by atoms with Gasteiger partial charge in [0.25, 0.3) is 5.91 Å². The molecular formula is C12H16N2O2. The minimum Gasteiger partial charge on any atom is -0.396 e. The standard InChI is InChI=1S/C12H16N2O2/c1-9-6-10(2-5-13-9)11(16)14-7-12(8-15)3-4-12/h2,5-6,15H,3-4,7-8H2,1H3,(H,14,16). The minimum atomic E-state index is -0.0924. The lowest BCUT2D eigenvalue weighted by Crippen LogP contribution is -2.31. The number of aryl methyl sites for hydroxylation is 1. The summed E-state index contributed by atoms with van der Waals surface area (Å²) in [5, 5.41) is 12.0. The topological polar surface area (TPSA) is 62.2 Å². The van der Waals surface area contributed by atoms with Crippen LogP contribution >= 0.6 is 0 Å². The Kier molecular flexibility index (Phi) is 2.92. The van der Waals surface area contributed by atoms with Gasteiger partial charge in [0, 0.05) is 29.4 Å². The van der Waals surface area contributed by atoms with E-state index in [1.807, 2.05) is 6.92 Å². The Labute approximate surface area is 94.7 Å². The molecule has 16 heavy (non-hydrogen) atoms. The molecule has 0 radical (unpaired) electrons. The van der Waals surface area contributed by atoms with Crippen molar-refractivity contribution in [1.29, 1.82) is 0 Å². The number of hydrogen-bond donors (Lipinski definition) is 2. The van der Waals surface area contributed by atoms with Gasteiger partial charge in [-0.3, -0.25) is 9.78 Å². The zero-order valence-corrected chi connectivity index (χ0v) is 9.36. The van der Waals surface area contributed by atoms with Crippen LogP contribution in [0.3, 0.4) is 0 Å². The number of nitrogens with one attached hydrogen (secondary N) is 1.